The fraction of sp³-hybridized carbons (Fsp3) is 0.429. The summed E-state index contributed by atoms with van der Waals surface area (Å²) in [5.41, 5.74) is 2.78. The van der Waals surface area contributed by atoms with E-state index < -0.39 is 0 Å². The first-order chi connectivity index (χ1) is 7.66. The van der Waals surface area contributed by atoms with Crippen LogP contribution in [0, 0.1) is 6.07 Å². The van der Waals surface area contributed by atoms with Gasteiger partial charge in [-0.05, 0) is 33.4 Å². The summed E-state index contributed by atoms with van der Waals surface area (Å²) in [7, 11) is 4.33. The third kappa shape index (κ3) is 4.27. The second-order valence-corrected chi connectivity index (χ2v) is 5.48. The molecule has 0 heterocycles. The van der Waals surface area contributed by atoms with E-state index in [0.29, 0.717) is 6.04 Å². The molecule has 1 nitrogen and oxygen atoms in total. The van der Waals surface area contributed by atoms with Crippen LogP contribution in [0.2, 0.25) is 0 Å². The van der Waals surface area contributed by atoms with Crippen molar-refractivity contribution in [3.8, 4) is 0 Å². The Balaban J connectivity index is 0.00000144. The van der Waals surface area contributed by atoms with E-state index >= 15 is 0 Å². The van der Waals surface area contributed by atoms with Crippen LogP contribution < -0.4 is 0 Å². The number of nitrogens with zero attached hydrogens (tertiary/aromatic N) is 1. The minimum atomic E-state index is 0. The molecule has 1 atom stereocenters. The third-order valence-corrected chi connectivity index (χ3v) is 3.70. The number of benzene rings is 1. The molecular formula is C14H17BrNY-. The van der Waals surface area contributed by atoms with Crippen LogP contribution in [0.1, 0.15) is 24.8 Å². The van der Waals surface area contributed by atoms with Gasteiger partial charge in [0.15, 0.2) is 0 Å². The molecule has 17 heavy (non-hydrogen) atoms. The van der Waals surface area contributed by atoms with Crippen LogP contribution in [0.15, 0.2) is 28.7 Å². The molecule has 0 aliphatic heterocycles. The van der Waals surface area contributed by atoms with E-state index in [2.05, 4.69) is 59.2 Å². The van der Waals surface area contributed by atoms with E-state index in [1.165, 1.54) is 24.0 Å². The predicted molar refractivity (Wildman–Crippen MR) is 72.3 cm³/mol. The molecule has 0 N–H and O–H groups in total. The first kappa shape index (κ1) is 15.6. The molecule has 0 bridgehead atoms. The summed E-state index contributed by atoms with van der Waals surface area (Å²) in [5.74, 6) is 0. The fourth-order valence-corrected chi connectivity index (χ4v) is 2.56. The molecule has 0 amide bonds. The summed E-state index contributed by atoms with van der Waals surface area (Å²) in [5, 5.41) is 0. The van der Waals surface area contributed by atoms with E-state index in [1.54, 1.807) is 0 Å². The monoisotopic (exact) mass is 367 g/mol. The average Bonchev–Trinajstić information content (AvgIpc) is 2.29. The van der Waals surface area contributed by atoms with Crippen LogP contribution in [-0.2, 0) is 32.7 Å². The SMILES string of the molecule is CN(C)C1CC=C(c2c[c-]cc(Br)c2)CC1.[Y]. The van der Waals surface area contributed by atoms with Crippen molar-refractivity contribution in [3.63, 3.8) is 0 Å². The first-order valence-corrected chi connectivity index (χ1v) is 6.48. The van der Waals surface area contributed by atoms with Crippen LogP contribution in [0.4, 0.5) is 0 Å². The van der Waals surface area contributed by atoms with Crippen molar-refractivity contribution in [2.75, 3.05) is 14.1 Å². The van der Waals surface area contributed by atoms with Gasteiger partial charge in [-0.3, -0.25) is 0 Å². The average molecular weight is 368 g/mol. The van der Waals surface area contributed by atoms with Crippen molar-refractivity contribution in [2.45, 2.75) is 25.3 Å². The Morgan fingerprint density at radius 1 is 1.35 bits per heavy atom. The normalized spacial score (nSPS) is 19.8. The predicted octanol–water partition coefficient (Wildman–Crippen LogP) is 3.74. The Morgan fingerprint density at radius 2 is 2.12 bits per heavy atom. The quantitative estimate of drug-likeness (QED) is 0.719. The van der Waals surface area contributed by atoms with Gasteiger partial charge in [0.05, 0.1) is 0 Å². The molecule has 0 aromatic heterocycles. The summed E-state index contributed by atoms with van der Waals surface area (Å²) in [6, 6.07) is 10.1. The van der Waals surface area contributed by atoms with Crippen molar-refractivity contribution in [1.29, 1.82) is 0 Å². The van der Waals surface area contributed by atoms with E-state index in [0.717, 1.165) is 10.9 Å². The van der Waals surface area contributed by atoms with E-state index in [9.17, 15) is 0 Å². The van der Waals surface area contributed by atoms with E-state index in [4.69, 9.17) is 0 Å². The number of allylic oxidation sites excluding steroid dienone is 1. The standard InChI is InChI=1S/C14H17BrN.Y/c1-16(2)14-8-6-11(7-9-14)12-4-3-5-13(15)10-12;/h4-6,10,14H,7-9H2,1-2H3;/q-1;. The molecule has 1 aliphatic rings. The summed E-state index contributed by atoms with van der Waals surface area (Å²) in [6.07, 6.45) is 5.97. The van der Waals surface area contributed by atoms with Gasteiger partial charge in [-0.1, -0.05) is 10.5 Å². The van der Waals surface area contributed by atoms with Crippen molar-refractivity contribution in [3.05, 3.63) is 40.4 Å². The summed E-state index contributed by atoms with van der Waals surface area (Å²) in [6.45, 7) is 0. The van der Waals surface area contributed by atoms with Crippen LogP contribution >= 0.6 is 15.9 Å². The molecule has 1 radical (unpaired) electrons. The zero-order valence-electron chi connectivity index (χ0n) is 10.4. The van der Waals surface area contributed by atoms with E-state index in [1.807, 2.05) is 6.07 Å². The maximum Gasteiger partial charge on any atom is 0.0126 e. The molecular weight excluding hydrogens is 351 g/mol. The molecule has 2 rings (SSSR count). The van der Waals surface area contributed by atoms with Gasteiger partial charge < -0.3 is 4.90 Å². The minimum absolute atomic E-state index is 0. The molecule has 1 unspecified atom stereocenters. The zero-order valence-corrected chi connectivity index (χ0v) is 14.8. The third-order valence-electron chi connectivity index (χ3n) is 3.24. The molecule has 1 aromatic carbocycles. The van der Waals surface area contributed by atoms with Crippen molar-refractivity contribution in [2.24, 2.45) is 0 Å². The smallest absolute Gasteiger partial charge is 0.0126 e. The molecule has 89 valence electrons. The molecule has 0 fully saturated rings. The zero-order chi connectivity index (χ0) is 11.5. The van der Waals surface area contributed by atoms with Gasteiger partial charge >= 0.3 is 0 Å². The number of hydrogen-bond donors (Lipinski definition) is 0. The molecule has 1 aromatic rings. The molecule has 0 saturated heterocycles. The second kappa shape index (κ2) is 7.18. The molecule has 0 saturated carbocycles. The van der Waals surface area contributed by atoms with Gasteiger partial charge in [-0.15, -0.1) is 27.1 Å². The van der Waals surface area contributed by atoms with Gasteiger partial charge in [0.1, 0.15) is 0 Å². The van der Waals surface area contributed by atoms with Crippen LogP contribution in [0.3, 0.4) is 0 Å². The largest absolute Gasteiger partial charge is 0.306 e. The summed E-state index contributed by atoms with van der Waals surface area (Å²) < 4.78 is 1.11. The van der Waals surface area contributed by atoms with Crippen LogP contribution in [0.25, 0.3) is 5.57 Å². The second-order valence-electron chi connectivity index (χ2n) is 4.56. The van der Waals surface area contributed by atoms with E-state index in [-0.39, 0.29) is 32.7 Å². The topological polar surface area (TPSA) is 3.24 Å². The minimum Gasteiger partial charge on any atom is -0.306 e. The molecule has 0 spiro atoms. The van der Waals surface area contributed by atoms with Crippen molar-refractivity contribution < 1.29 is 32.7 Å². The van der Waals surface area contributed by atoms with Crippen LogP contribution in [0.5, 0.6) is 0 Å². The number of rotatable bonds is 2. The summed E-state index contributed by atoms with van der Waals surface area (Å²) in [4.78, 5) is 2.32. The van der Waals surface area contributed by atoms with Gasteiger partial charge in [0.2, 0.25) is 0 Å². The van der Waals surface area contributed by atoms with Gasteiger partial charge in [-0.2, -0.15) is 24.3 Å². The van der Waals surface area contributed by atoms with Crippen LogP contribution in [-0.4, -0.2) is 25.0 Å². The number of halogens is 1. The Kier molecular flexibility index (Phi) is 6.57. The van der Waals surface area contributed by atoms with Crippen molar-refractivity contribution >= 4 is 21.5 Å². The Morgan fingerprint density at radius 3 is 2.65 bits per heavy atom. The van der Waals surface area contributed by atoms with Gasteiger partial charge in [0, 0.05) is 38.8 Å². The molecule has 3 heteroatoms. The Hall–Kier alpha value is 0.504. The maximum atomic E-state index is 3.50. The first-order valence-electron chi connectivity index (χ1n) is 5.69. The van der Waals surface area contributed by atoms with Gasteiger partial charge in [0.25, 0.3) is 0 Å². The van der Waals surface area contributed by atoms with Gasteiger partial charge in [-0.25, -0.2) is 0 Å². The van der Waals surface area contributed by atoms with Crippen molar-refractivity contribution in [1.82, 2.24) is 4.90 Å². The Bertz CT molecular complexity index is 401. The Labute approximate surface area is 138 Å². The molecule has 1 aliphatic carbocycles. The fourth-order valence-electron chi connectivity index (χ4n) is 2.18. The summed E-state index contributed by atoms with van der Waals surface area (Å²) >= 11 is 3.50. The maximum absolute atomic E-state index is 3.50. The number of hydrogen-bond acceptors (Lipinski definition) is 1.